The molecule has 6 nitrogen and oxygen atoms in total. The molecule has 1 N–H and O–H groups in total. The first kappa shape index (κ1) is 13.2. The number of hydrogen-bond donors (Lipinski definition) is 1. The molecule has 0 bridgehead atoms. The van der Waals surface area contributed by atoms with Gasteiger partial charge in [0.2, 0.25) is 0 Å². The van der Waals surface area contributed by atoms with E-state index in [1.54, 1.807) is 18.4 Å². The summed E-state index contributed by atoms with van der Waals surface area (Å²) in [6.07, 6.45) is 0. The number of nitrogens with one attached hydrogen (secondary N) is 1. The highest BCUT2D eigenvalue weighted by Crippen LogP contribution is 2.31. The molecule has 0 radical (unpaired) electrons. The van der Waals surface area contributed by atoms with Crippen molar-refractivity contribution in [3.63, 3.8) is 0 Å². The predicted molar refractivity (Wildman–Crippen MR) is 87.1 cm³/mol. The zero-order valence-electron chi connectivity index (χ0n) is 11.4. The largest absolute Gasteiger partial charge is 0.497 e. The maximum absolute atomic E-state index is 5.59. The summed E-state index contributed by atoms with van der Waals surface area (Å²) >= 11 is 3.05. The van der Waals surface area contributed by atoms with Gasteiger partial charge in [0.1, 0.15) is 5.75 Å². The van der Waals surface area contributed by atoms with Gasteiger partial charge < -0.3 is 9.15 Å². The summed E-state index contributed by atoms with van der Waals surface area (Å²) in [7, 11) is 1.64. The molecule has 0 saturated carbocycles. The van der Waals surface area contributed by atoms with E-state index in [0.29, 0.717) is 17.0 Å². The maximum atomic E-state index is 5.59. The fraction of sp³-hybridized carbons (Fsp3) is 0.0714. The minimum absolute atomic E-state index is 0.328. The van der Waals surface area contributed by atoms with Crippen molar-refractivity contribution in [1.29, 1.82) is 0 Å². The van der Waals surface area contributed by atoms with Crippen molar-refractivity contribution in [1.82, 2.24) is 15.2 Å². The van der Waals surface area contributed by atoms with E-state index in [1.165, 1.54) is 11.3 Å². The van der Waals surface area contributed by atoms with Crippen molar-refractivity contribution in [3.05, 3.63) is 35.7 Å². The van der Waals surface area contributed by atoms with Crippen LogP contribution in [0.4, 0.5) is 11.1 Å². The normalized spacial score (nSPS) is 11.0. The minimum Gasteiger partial charge on any atom is -0.497 e. The fourth-order valence-corrected chi connectivity index (χ4v) is 3.48. The molecule has 8 heteroatoms. The third-order valence-corrected chi connectivity index (χ3v) is 4.76. The molecule has 0 fully saturated rings. The summed E-state index contributed by atoms with van der Waals surface area (Å²) < 4.78 is 11.8. The summed E-state index contributed by atoms with van der Waals surface area (Å²) in [6.45, 7) is 0. The molecular weight excluding hydrogens is 320 g/mol. The lowest BCUT2D eigenvalue weighted by Crippen LogP contribution is -1.88. The van der Waals surface area contributed by atoms with Crippen LogP contribution in [0.25, 0.3) is 21.0 Å². The van der Waals surface area contributed by atoms with Gasteiger partial charge in [-0.1, -0.05) is 22.5 Å². The molecule has 0 unspecified atom stereocenters. The quantitative estimate of drug-likeness (QED) is 0.606. The highest BCUT2D eigenvalue weighted by atomic mass is 32.1. The Kier molecular flexibility index (Phi) is 3.24. The van der Waals surface area contributed by atoms with Crippen LogP contribution in [0.15, 0.2) is 40.1 Å². The zero-order chi connectivity index (χ0) is 14.9. The van der Waals surface area contributed by atoms with Crippen LogP contribution in [0.3, 0.4) is 0 Å². The minimum atomic E-state index is 0.328. The highest BCUT2D eigenvalue weighted by molar-refractivity contribution is 7.22. The Labute approximate surface area is 133 Å². The first-order valence-electron chi connectivity index (χ1n) is 6.41. The van der Waals surface area contributed by atoms with E-state index in [9.17, 15) is 0 Å². The molecule has 0 saturated heterocycles. The Morgan fingerprint density at radius 3 is 3.00 bits per heavy atom. The van der Waals surface area contributed by atoms with Gasteiger partial charge in [0.05, 0.1) is 22.2 Å². The monoisotopic (exact) mass is 330 g/mol. The first-order chi connectivity index (χ1) is 10.8. The molecule has 0 aliphatic rings. The Morgan fingerprint density at radius 1 is 1.23 bits per heavy atom. The van der Waals surface area contributed by atoms with Crippen LogP contribution >= 0.6 is 22.7 Å². The van der Waals surface area contributed by atoms with Crippen molar-refractivity contribution < 1.29 is 9.15 Å². The third-order valence-electron chi connectivity index (χ3n) is 2.97. The number of hydrogen-bond acceptors (Lipinski definition) is 8. The summed E-state index contributed by atoms with van der Waals surface area (Å²) in [5.74, 6) is 1.31. The number of thiophene rings is 1. The molecule has 4 aromatic rings. The lowest BCUT2D eigenvalue weighted by atomic mass is 10.3. The second-order valence-electron chi connectivity index (χ2n) is 4.37. The van der Waals surface area contributed by atoms with E-state index in [4.69, 9.17) is 9.15 Å². The molecule has 22 heavy (non-hydrogen) atoms. The topological polar surface area (TPSA) is 73.1 Å². The van der Waals surface area contributed by atoms with E-state index in [2.05, 4.69) is 20.5 Å². The predicted octanol–water partition coefficient (Wildman–Crippen LogP) is 4.16. The van der Waals surface area contributed by atoms with Crippen LogP contribution in [0.2, 0.25) is 0 Å². The van der Waals surface area contributed by atoms with Gasteiger partial charge in [0, 0.05) is 0 Å². The molecule has 0 aliphatic carbocycles. The SMILES string of the molecule is COc1ccc2nc(Nc3nnc(-c4cccs4)o3)sc2c1. The van der Waals surface area contributed by atoms with Crippen molar-refractivity contribution in [2.24, 2.45) is 0 Å². The number of benzene rings is 1. The van der Waals surface area contributed by atoms with Crippen molar-refractivity contribution in [3.8, 4) is 16.5 Å². The van der Waals surface area contributed by atoms with Gasteiger partial charge in [0.25, 0.3) is 5.89 Å². The first-order valence-corrected chi connectivity index (χ1v) is 8.10. The smallest absolute Gasteiger partial charge is 0.322 e. The van der Waals surface area contributed by atoms with Crippen LogP contribution in [0.1, 0.15) is 0 Å². The number of nitrogens with zero attached hydrogens (tertiary/aromatic N) is 3. The number of fused-ring (bicyclic) bond motifs is 1. The fourth-order valence-electron chi connectivity index (χ4n) is 1.95. The van der Waals surface area contributed by atoms with Gasteiger partial charge in [-0.05, 0) is 29.6 Å². The number of thiazole rings is 1. The molecule has 1 aromatic carbocycles. The van der Waals surface area contributed by atoms with Crippen molar-refractivity contribution in [2.45, 2.75) is 0 Å². The summed E-state index contributed by atoms with van der Waals surface area (Å²) in [6, 6.07) is 9.95. The Morgan fingerprint density at radius 2 is 2.18 bits per heavy atom. The van der Waals surface area contributed by atoms with Gasteiger partial charge in [-0.2, -0.15) is 0 Å². The van der Waals surface area contributed by atoms with E-state index in [0.717, 1.165) is 20.8 Å². The van der Waals surface area contributed by atoms with E-state index in [-0.39, 0.29) is 0 Å². The number of rotatable bonds is 4. The van der Waals surface area contributed by atoms with Gasteiger partial charge in [0.15, 0.2) is 5.13 Å². The molecule has 3 heterocycles. The number of methoxy groups -OCH3 is 1. The molecule has 0 atom stereocenters. The van der Waals surface area contributed by atoms with E-state index >= 15 is 0 Å². The number of aromatic nitrogens is 3. The van der Waals surface area contributed by atoms with Crippen LogP contribution in [-0.2, 0) is 0 Å². The van der Waals surface area contributed by atoms with Crippen LogP contribution in [-0.4, -0.2) is 22.3 Å². The second-order valence-corrected chi connectivity index (χ2v) is 6.35. The second kappa shape index (κ2) is 5.39. The molecule has 0 spiro atoms. The molecular formula is C14H10N4O2S2. The average Bonchev–Trinajstić information content (AvgIpc) is 3.26. The van der Waals surface area contributed by atoms with Crippen LogP contribution in [0, 0.1) is 0 Å². The van der Waals surface area contributed by atoms with Crippen LogP contribution < -0.4 is 10.1 Å². The van der Waals surface area contributed by atoms with E-state index < -0.39 is 0 Å². The lowest BCUT2D eigenvalue weighted by molar-refractivity contribution is 0.415. The van der Waals surface area contributed by atoms with Gasteiger partial charge >= 0.3 is 6.01 Å². The van der Waals surface area contributed by atoms with Gasteiger partial charge in [-0.15, -0.1) is 16.4 Å². The zero-order valence-corrected chi connectivity index (χ0v) is 13.1. The summed E-state index contributed by atoms with van der Waals surface area (Å²) in [5.41, 5.74) is 0.895. The Balaban J connectivity index is 1.60. The van der Waals surface area contributed by atoms with Crippen molar-refractivity contribution in [2.75, 3.05) is 12.4 Å². The number of ether oxygens (including phenoxy) is 1. The molecule has 0 aliphatic heterocycles. The van der Waals surface area contributed by atoms with Gasteiger partial charge in [-0.25, -0.2) is 4.98 Å². The summed E-state index contributed by atoms with van der Waals surface area (Å²) in [5, 5.41) is 13.7. The molecule has 110 valence electrons. The molecule has 3 aromatic heterocycles. The standard InChI is InChI=1S/C14H10N4O2S2/c1-19-8-4-5-9-11(7-8)22-14(15-9)16-13-18-17-12(20-13)10-3-2-6-21-10/h2-7H,1H3,(H,15,16,18). The lowest BCUT2D eigenvalue weighted by Gasteiger charge is -1.96. The highest BCUT2D eigenvalue weighted by Gasteiger charge is 2.11. The van der Waals surface area contributed by atoms with E-state index in [1.807, 2.05) is 35.7 Å². The Bertz CT molecular complexity index is 914. The van der Waals surface area contributed by atoms with Crippen molar-refractivity contribution >= 4 is 44.0 Å². The number of anilines is 2. The Hall–Kier alpha value is -2.45. The third kappa shape index (κ3) is 2.42. The molecule has 4 rings (SSSR count). The average molecular weight is 330 g/mol. The summed E-state index contributed by atoms with van der Waals surface area (Å²) in [4.78, 5) is 5.42. The van der Waals surface area contributed by atoms with Crippen LogP contribution in [0.5, 0.6) is 5.75 Å². The van der Waals surface area contributed by atoms with Gasteiger partial charge in [-0.3, -0.25) is 5.32 Å². The molecule has 0 amide bonds. The maximum Gasteiger partial charge on any atom is 0.322 e.